The second-order valence-corrected chi connectivity index (χ2v) is 13.5. The van der Waals surface area contributed by atoms with E-state index in [0.29, 0.717) is 0 Å². The Kier molecular flexibility index (Phi) is 25.9. The molecule has 0 unspecified atom stereocenters. The molecule has 0 aliphatic rings. The van der Waals surface area contributed by atoms with Gasteiger partial charge in [0.05, 0.1) is 24.6 Å². The van der Waals surface area contributed by atoms with Gasteiger partial charge in [0.15, 0.2) is 0 Å². The number of aliphatic carboxylic acids is 1. The highest BCUT2D eigenvalue weighted by Crippen LogP contribution is 2.61. The van der Waals surface area contributed by atoms with Crippen LogP contribution >= 0.6 is 7.26 Å². The first kappa shape index (κ1) is 31.1. The van der Waals surface area contributed by atoms with Gasteiger partial charge in [-0.25, -0.2) is 0 Å². The van der Waals surface area contributed by atoms with E-state index < -0.39 is 13.2 Å². The molecular formula is C26H56O2P+. The molecule has 0 aromatic rings. The number of unbranched alkanes of at least 4 members (excludes halogenated alkanes) is 12. The summed E-state index contributed by atoms with van der Waals surface area (Å²) in [5.41, 5.74) is 0. The maximum atomic E-state index is 9.00. The van der Waals surface area contributed by atoms with Crippen molar-refractivity contribution < 1.29 is 9.90 Å². The van der Waals surface area contributed by atoms with Gasteiger partial charge in [0, 0.05) is 14.2 Å². The van der Waals surface area contributed by atoms with Crippen LogP contribution in [0, 0.1) is 0 Å². The van der Waals surface area contributed by atoms with Crippen molar-refractivity contribution >= 4 is 13.2 Å². The third-order valence-corrected chi connectivity index (χ3v) is 11.0. The summed E-state index contributed by atoms with van der Waals surface area (Å²) in [5, 5.41) is 7.42. The average Bonchev–Trinajstić information content (AvgIpc) is 2.69. The largest absolute Gasteiger partial charge is 0.481 e. The van der Waals surface area contributed by atoms with E-state index in [1.165, 1.54) is 103 Å². The van der Waals surface area contributed by atoms with Crippen LogP contribution in [0.4, 0.5) is 0 Å². The smallest absolute Gasteiger partial charge is 0.300 e. The molecule has 0 bridgehead atoms. The maximum absolute atomic E-state index is 9.00. The zero-order chi connectivity index (χ0) is 22.2. The van der Waals surface area contributed by atoms with E-state index in [0.717, 1.165) is 6.92 Å². The van der Waals surface area contributed by atoms with Gasteiger partial charge in [-0.15, -0.1) is 0 Å². The molecule has 0 heterocycles. The monoisotopic (exact) mass is 431 g/mol. The van der Waals surface area contributed by atoms with E-state index in [4.69, 9.17) is 9.90 Å². The van der Waals surface area contributed by atoms with Crippen LogP contribution in [0.15, 0.2) is 0 Å². The summed E-state index contributed by atoms with van der Waals surface area (Å²) >= 11 is 0. The van der Waals surface area contributed by atoms with Crippen LogP contribution < -0.4 is 0 Å². The number of hydrogen-bond acceptors (Lipinski definition) is 1. The fourth-order valence-corrected chi connectivity index (χ4v) is 9.09. The van der Waals surface area contributed by atoms with E-state index in [-0.39, 0.29) is 0 Å². The molecule has 2 nitrogen and oxygen atoms in total. The van der Waals surface area contributed by atoms with Gasteiger partial charge in [0.1, 0.15) is 0 Å². The minimum atomic E-state index is -0.833. The van der Waals surface area contributed by atoms with Gasteiger partial charge in [-0.05, 0) is 51.4 Å². The molecule has 0 aromatic carbocycles. The van der Waals surface area contributed by atoms with Crippen molar-refractivity contribution in [3.8, 4) is 0 Å². The van der Waals surface area contributed by atoms with Crippen LogP contribution in [-0.2, 0) is 4.79 Å². The second-order valence-electron chi connectivity index (χ2n) is 9.00. The third-order valence-electron chi connectivity index (χ3n) is 5.94. The molecular weight excluding hydrogens is 375 g/mol. The van der Waals surface area contributed by atoms with Gasteiger partial charge in [-0.2, -0.15) is 0 Å². The molecule has 0 spiro atoms. The highest BCUT2D eigenvalue weighted by Gasteiger charge is 2.34. The number of carboxylic acid groups (broad SMARTS) is 1. The first-order chi connectivity index (χ1) is 14.0. The molecule has 0 amide bonds. The van der Waals surface area contributed by atoms with Crippen molar-refractivity contribution in [3.05, 3.63) is 0 Å². The van der Waals surface area contributed by atoms with Crippen LogP contribution in [0.2, 0.25) is 0 Å². The molecule has 1 N–H and O–H groups in total. The third kappa shape index (κ3) is 24.0. The number of carboxylic acids is 1. The van der Waals surface area contributed by atoms with Crippen molar-refractivity contribution in [3.63, 3.8) is 0 Å². The number of hydrogen-bond donors (Lipinski definition) is 1. The van der Waals surface area contributed by atoms with Gasteiger partial charge < -0.3 is 5.11 Å². The van der Waals surface area contributed by atoms with E-state index in [2.05, 4.69) is 27.7 Å². The standard InChI is InChI=1S/C24H52P.C2H4O2/c1-5-9-13-17-21-25(22-18-14-10-6-2,23-19-15-11-7-3)24-20-16-12-8-4;1-2(3)4/h5-24H2,1-4H3;1H3,(H,3,4)/q+1;. The van der Waals surface area contributed by atoms with Crippen LogP contribution in [0.1, 0.15) is 137 Å². The maximum Gasteiger partial charge on any atom is 0.300 e. The summed E-state index contributed by atoms with van der Waals surface area (Å²) in [5.74, 6) is -0.833. The lowest BCUT2D eigenvalue weighted by Gasteiger charge is -2.28. The van der Waals surface area contributed by atoms with Gasteiger partial charge in [-0.1, -0.05) is 79.1 Å². The Morgan fingerprint density at radius 3 is 0.897 bits per heavy atom. The topological polar surface area (TPSA) is 37.3 Å². The summed E-state index contributed by atoms with van der Waals surface area (Å²) in [4.78, 5) is 9.00. The Bertz CT molecular complexity index is 273. The quantitative estimate of drug-likeness (QED) is 0.154. The first-order valence-corrected chi connectivity index (χ1v) is 15.6. The van der Waals surface area contributed by atoms with Crippen LogP contribution in [0.3, 0.4) is 0 Å². The van der Waals surface area contributed by atoms with Gasteiger partial charge in [0.25, 0.3) is 5.97 Å². The molecule has 0 saturated heterocycles. The van der Waals surface area contributed by atoms with Gasteiger partial charge in [-0.3, -0.25) is 4.79 Å². The normalized spacial score (nSPS) is 11.2. The fraction of sp³-hybridized carbons (Fsp3) is 0.962. The predicted octanol–water partition coefficient (Wildman–Crippen LogP) is 9.42. The van der Waals surface area contributed by atoms with Crippen molar-refractivity contribution in [2.45, 2.75) is 137 Å². The van der Waals surface area contributed by atoms with Crippen molar-refractivity contribution in [1.82, 2.24) is 0 Å². The lowest BCUT2D eigenvalue weighted by atomic mass is 10.2. The second kappa shape index (κ2) is 24.2. The van der Waals surface area contributed by atoms with E-state index in [1.54, 1.807) is 24.6 Å². The number of rotatable bonds is 20. The highest BCUT2D eigenvalue weighted by molar-refractivity contribution is 7.75. The predicted molar refractivity (Wildman–Crippen MR) is 136 cm³/mol. The molecule has 0 fully saturated rings. The summed E-state index contributed by atoms with van der Waals surface area (Å²) in [6, 6.07) is 0. The van der Waals surface area contributed by atoms with Crippen molar-refractivity contribution in [1.29, 1.82) is 0 Å². The molecule has 0 radical (unpaired) electrons. The highest BCUT2D eigenvalue weighted by atomic mass is 31.2. The van der Waals surface area contributed by atoms with Crippen LogP contribution in [-0.4, -0.2) is 35.7 Å². The SMILES string of the molecule is CC(=O)O.CCCCCC[P+](CCCCCC)(CCCCCC)CCCCCC. The Hall–Kier alpha value is -0.100. The molecule has 0 atom stereocenters. The van der Waals surface area contributed by atoms with E-state index in [1.807, 2.05) is 0 Å². The molecule has 176 valence electrons. The Balaban J connectivity index is 0. The Morgan fingerprint density at radius 2 is 0.724 bits per heavy atom. The summed E-state index contributed by atoms with van der Waals surface area (Å²) in [6.45, 7) is 10.5. The zero-order valence-corrected chi connectivity index (χ0v) is 21.8. The first-order valence-electron chi connectivity index (χ1n) is 13.0. The van der Waals surface area contributed by atoms with Gasteiger partial charge in [0.2, 0.25) is 0 Å². The van der Waals surface area contributed by atoms with Crippen LogP contribution in [0.5, 0.6) is 0 Å². The van der Waals surface area contributed by atoms with Crippen LogP contribution in [0.25, 0.3) is 0 Å². The molecule has 0 aliphatic carbocycles. The Labute approximate surface area is 185 Å². The van der Waals surface area contributed by atoms with E-state index in [9.17, 15) is 0 Å². The molecule has 0 rings (SSSR count). The van der Waals surface area contributed by atoms with Crippen molar-refractivity contribution in [2.24, 2.45) is 0 Å². The Morgan fingerprint density at radius 1 is 0.517 bits per heavy atom. The average molecular weight is 432 g/mol. The van der Waals surface area contributed by atoms with E-state index >= 15 is 0 Å². The molecule has 0 saturated carbocycles. The summed E-state index contributed by atoms with van der Waals surface area (Å²) in [7, 11) is -0.657. The van der Waals surface area contributed by atoms with Gasteiger partial charge >= 0.3 is 0 Å². The molecule has 0 aromatic heterocycles. The zero-order valence-electron chi connectivity index (χ0n) is 20.9. The fourth-order valence-electron chi connectivity index (χ4n) is 4.17. The summed E-state index contributed by atoms with van der Waals surface area (Å²) < 4.78 is 0. The van der Waals surface area contributed by atoms with Crippen molar-refractivity contribution in [2.75, 3.05) is 24.6 Å². The molecule has 3 heteroatoms. The molecule has 29 heavy (non-hydrogen) atoms. The lowest BCUT2D eigenvalue weighted by Crippen LogP contribution is -2.13. The summed E-state index contributed by atoms with van der Waals surface area (Å²) in [6.07, 6.45) is 30.1. The molecule has 0 aliphatic heterocycles. The minimum Gasteiger partial charge on any atom is -0.481 e. The minimum absolute atomic E-state index is 0.657. The lowest BCUT2D eigenvalue weighted by molar-refractivity contribution is -0.134. The number of carbonyl (C=O) groups is 1.